The highest BCUT2D eigenvalue weighted by molar-refractivity contribution is 7.19. The SMILES string of the molecule is O=C(C=Cc1nc2ccccc2s1)NCc1nc2ccccc2[nH]1. The summed E-state index contributed by atoms with van der Waals surface area (Å²) in [4.78, 5) is 24.0. The third-order valence-corrected chi connectivity index (χ3v) is 4.56. The second-order valence-corrected chi connectivity index (χ2v) is 6.33. The number of nitrogens with zero attached hydrogens (tertiary/aromatic N) is 2. The van der Waals surface area contributed by atoms with Gasteiger partial charge in [0.2, 0.25) is 5.91 Å². The molecule has 0 atom stereocenters. The topological polar surface area (TPSA) is 70.7 Å². The molecule has 0 unspecified atom stereocenters. The van der Waals surface area contributed by atoms with Gasteiger partial charge in [-0.3, -0.25) is 4.79 Å². The lowest BCUT2D eigenvalue weighted by molar-refractivity contribution is -0.116. The van der Waals surface area contributed by atoms with Crippen LogP contribution in [0.25, 0.3) is 27.3 Å². The van der Waals surface area contributed by atoms with E-state index in [-0.39, 0.29) is 5.91 Å². The molecule has 0 aliphatic carbocycles. The Kier molecular flexibility index (Phi) is 3.80. The Morgan fingerprint density at radius 2 is 1.88 bits per heavy atom. The third-order valence-electron chi connectivity index (χ3n) is 3.56. The maximum absolute atomic E-state index is 12.0. The first kappa shape index (κ1) is 14.6. The molecule has 4 rings (SSSR count). The number of aromatic nitrogens is 3. The fourth-order valence-electron chi connectivity index (χ4n) is 2.43. The lowest BCUT2D eigenvalue weighted by Crippen LogP contribution is -2.20. The van der Waals surface area contributed by atoms with Gasteiger partial charge in [0.25, 0.3) is 0 Å². The van der Waals surface area contributed by atoms with Crippen LogP contribution in [0, 0.1) is 0 Å². The molecule has 118 valence electrons. The molecule has 0 saturated heterocycles. The second-order valence-electron chi connectivity index (χ2n) is 5.27. The average Bonchev–Trinajstić information content (AvgIpc) is 3.21. The van der Waals surface area contributed by atoms with Gasteiger partial charge >= 0.3 is 0 Å². The number of para-hydroxylation sites is 3. The van der Waals surface area contributed by atoms with Crippen LogP contribution < -0.4 is 5.32 Å². The van der Waals surface area contributed by atoms with E-state index in [0.29, 0.717) is 6.54 Å². The standard InChI is InChI=1S/C18H14N4OS/c23-17(9-10-18-22-14-7-3-4-8-15(14)24-18)19-11-16-20-12-5-1-2-6-13(12)21-16/h1-10H,11H2,(H,19,23)(H,20,21). The Morgan fingerprint density at radius 1 is 1.08 bits per heavy atom. The summed E-state index contributed by atoms with van der Waals surface area (Å²) in [6, 6.07) is 15.7. The fraction of sp³-hybridized carbons (Fsp3) is 0.0556. The number of thiazole rings is 1. The Labute approximate surface area is 142 Å². The first-order valence-corrected chi connectivity index (χ1v) is 8.35. The van der Waals surface area contributed by atoms with Crippen LogP contribution in [0.3, 0.4) is 0 Å². The summed E-state index contributed by atoms with van der Waals surface area (Å²) in [6.07, 6.45) is 3.24. The summed E-state index contributed by atoms with van der Waals surface area (Å²) in [5.41, 5.74) is 2.81. The Balaban J connectivity index is 1.40. The molecule has 1 amide bonds. The van der Waals surface area contributed by atoms with Gasteiger partial charge in [0.15, 0.2) is 0 Å². The molecule has 0 bridgehead atoms. The van der Waals surface area contributed by atoms with Crippen LogP contribution in [0.5, 0.6) is 0 Å². The molecule has 24 heavy (non-hydrogen) atoms. The third kappa shape index (κ3) is 3.04. The Hall–Kier alpha value is -2.99. The van der Waals surface area contributed by atoms with Gasteiger partial charge in [-0.1, -0.05) is 24.3 Å². The number of rotatable bonds is 4. The number of H-pyrrole nitrogens is 1. The van der Waals surface area contributed by atoms with Gasteiger partial charge in [0.1, 0.15) is 10.8 Å². The van der Waals surface area contributed by atoms with E-state index in [1.807, 2.05) is 48.5 Å². The molecule has 6 heteroatoms. The maximum atomic E-state index is 12.0. The predicted molar refractivity (Wildman–Crippen MR) is 96.6 cm³/mol. The average molecular weight is 334 g/mol. The van der Waals surface area contributed by atoms with Crippen molar-refractivity contribution in [3.63, 3.8) is 0 Å². The number of hydrogen-bond acceptors (Lipinski definition) is 4. The van der Waals surface area contributed by atoms with Gasteiger partial charge in [0, 0.05) is 6.08 Å². The van der Waals surface area contributed by atoms with E-state index >= 15 is 0 Å². The summed E-state index contributed by atoms with van der Waals surface area (Å²) >= 11 is 1.56. The number of aromatic amines is 1. The van der Waals surface area contributed by atoms with E-state index in [4.69, 9.17) is 0 Å². The van der Waals surface area contributed by atoms with Crippen LogP contribution in [-0.4, -0.2) is 20.9 Å². The minimum atomic E-state index is -0.172. The monoisotopic (exact) mass is 334 g/mol. The largest absolute Gasteiger partial charge is 0.345 e. The number of benzene rings is 2. The molecule has 0 saturated carbocycles. The van der Waals surface area contributed by atoms with Gasteiger partial charge in [-0.15, -0.1) is 11.3 Å². The van der Waals surface area contributed by atoms with Crippen molar-refractivity contribution in [3.05, 3.63) is 65.4 Å². The highest BCUT2D eigenvalue weighted by Crippen LogP contribution is 2.22. The van der Waals surface area contributed by atoms with E-state index in [0.717, 1.165) is 32.1 Å². The number of hydrogen-bond donors (Lipinski definition) is 2. The molecule has 0 spiro atoms. The van der Waals surface area contributed by atoms with Gasteiger partial charge in [0.05, 0.1) is 27.8 Å². The quantitative estimate of drug-likeness (QED) is 0.561. The minimum Gasteiger partial charge on any atom is -0.345 e. The molecular weight excluding hydrogens is 320 g/mol. The minimum absolute atomic E-state index is 0.172. The van der Waals surface area contributed by atoms with Crippen LogP contribution >= 0.6 is 11.3 Å². The summed E-state index contributed by atoms with van der Waals surface area (Å²) in [5, 5.41) is 3.64. The van der Waals surface area contributed by atoms with Crippen molar-refractivity contribution in [1.29, 1.82) is 0 Å². The van der Waals surface area contributed by atoms with Gasteiger partial charge in [-0.05, 0) is 30.3 Å². The van der Waals surface area contributed by atoms with Gasteiger partial charge < -0.3 is 10.3 Å². The molecule has 5 nitrogen and oxygen atoms in total. The maximum Gasteiger partial charge on any atom is 0.244 e. The highest BCUT2D eigenvalue weighted by Gasteiger charge is 2.04. The van der Waals surface area contributed by atoms with Crippen LogP contribution in [0.4, 0.5) is 0 Å². The Morgan fingerprint density at radius 3 is 2.71 bits per heavy atom. The van der Waals surface area contributed by atoms with E-state index in [1.54, 1.807) is 17.4 Å². The van der Waals surface area contributed by atoms with Crippen LogP contribution in [-0.2, 0) is 11.3 Å². The molecule has 0 fully saturated rings. The molecular formula is C18H14N4OS. The second kappa shape index (κ2) is 6.25. The molecule has 2 aromatic heterocycles. The van der Waals surface area contributed by atoms with Crippen LogP contribution in [0.15, 0.2) is 54.6 Å². The number of nitrogens with one attached hydrogen (secondary N) is 2. The zero-order valence-corrected chi connectivity index (χ0v) is 13.5. The van der Waals surface area contributed by atoms with Crippen molar-refractivity contribution in [1.82, 2.24) is 20.3 Å². The van der Waals surface area contributed by atoms with Crippen molar-refractivity contribution in [2.45, 2.75) is 6.54 Å². The predicted octanol–water partition coefficient (Wildman–Crippen LogP) is 3.50. The number of amides is 1. The van der Waals surface area contributed by atoms with E-state index in [1.165, 1.54) is 6.08 Å². The van der Waals surface area contributed by atoms with Gasteiger partial charge in [-0.25, -0.2) is 9.97 Å². The number of imidazole rings is 1. The van der Waals surface area contributed by atoms with Crippen LogP contribution in [0.2, 0.25) is 0 Å². The first-order chi connectivity index (χ1) is 11.8. The molecule has 2 aromatic carbocycles. The van der Waals surface area contributed by atoms with Crippen molar-refractivity contribution >= 4 is 44.6 Å². The first-order valence-electron chi connectivity index (χ1n) is 7.53. The molecule has 0 aliphatic rings. The van der Waals surface area contributed by atoms with E-state index in [2.05, 4.69) is 20.3 Å². The lowest BCUT2D eigenvalue weighted by atomic mass is 10.3. The molecule has 0 aliphatic heterocycles. The number of fused-ring (bicyclic) bond motifs is 2. The molecule has 2 N–H and O–H groups in total. The van der Waals surface area contributed by atoms with Crippen molar-refractivity contribution < 1.29 is 4.79 Å². The smallest absolute Gasteiger partial charge is 0.244 e. The number of carbonyl (C=O) groups excluding carboxylic acids is 1. The van der Waals surface area contributed by atoms with Crippen molar-refractivity contribution in [3.8, 4) is 0 Å². The fourth-order valence-corrected chi connectivity index (χ4v) is 3.30. The highest BCUT2D eigenvalue weighted by atomic mass is 32.1. The normalized spacial score (nSPS) is 11.5. The summed E-state index contributed by atoms with van der Waals surface area (Å²) in [6.45, 7) is 0.359. The molecule has 2 heterocycles. The molecule has 0 radical (unpaired) electrons. The zero-order valence-electron chi connectivity index (χ0n) is 12.7. The van der Waals surface area contributed by atoms with E-state index in [9.17, 15) is 4.79 Å². The van der Waals surface area contributed by atoms with E-state index < -0.39 is 0 Å². The number of carbonyl (C=O) groups is 1. The van der Waals surface area contributed by atoms with Crippen molar-refractivity contribution in [2.75, 3.05) is 0 Å². The summed E-state index contributed by atoms with van der Waals surface area (Å²) in [7, 11) is 0. The summed E-state index contributed by atoms with van der Waals surface area (Å²) in [5.74, 6) is 0.563. The summed E-state index contributed by atoms with van der Waals surface area (Å²) < 4.78 is 1.11. The van der Waals surface area contributed by atoms with Crippen LogP contribution in [0.1, 0.15) is 10.8 Å². The zero-order chi connectivity index (χ0) is 16.4. The molecule has 4 aromatic rings. The van der Waals surface area contributed by atoms with Crippen molar-refractivity contribution in [2.24, 2.45) is 0 Å². The Bertz CT molecular complexity index is 981. The van der Waals surface area contributed by atoms with Gasteiger partial charge in [-0.2, -0.15) is 0 Å². The lowest BCUT2D eigenvalue weighted by Gasteiger charge is -1.97.